The van der Waals surface area contributed by atoms with Crippen LogP contribution in [0.5, 0.6) is 5.75 Å². The summed E-state index contributed by atoms with van der Waals surface area (Å²) in [5.74, 6) is 0.0261. The minimum Gasteiger partial charge on any atom is -0.508 e. The number of para-hydroxylation sites is 1. The lowest BCUT2D eigenvalue weighted by Gasteiger charge is -2.07. The number of ether oxygens (including phenoxy) is 1. The van der Waals surface area contributed by atoms with Gasteiger partial charge in [0.2, 0.25) is 0 Å². The van der Waals surface area contributed by atoms with Crippen LogP contribution >= 0.6 is 0 Å². The van der Waals surface area contributed by atoms with Crippen LogP contribution in [-0.4, -0.2) is 17.0 Å². The van der Waals surface area contributed by atoms with Gasteiger partial charge in [-0.1, -0.05) is 25.1 Å². The highest BCUT2D eigenvalue weighted by Gasteiger charge is 2.11. The van der Waals surface area contributed by atoms with E-state index in [4.69, 9.17) is 4.74 Å². The van der Waals surface area contributed by atoms with Gasteiger partial charge in [0.25, 0.3) is 0 Å². The van der Waals surface area contributed by atoms with E-state index < -0.39 is 5.97 Å². The molecule has 4 nitrogen and oxygen atoms in total. The van der Waals surface area contributed by atoms with Gasteiger partial charge in [0.15, 0.2) is 5.90 Å². The number of hydrogen-bond donors (Lipinski definition) is 1. The summed E-state index contributed by atoms with van der Waals surface area (Å²) >= 11 is 0. The van der Waals surface area contributed by atoms with Crippen molar-refractivity contribution in [1.29, 1.82) is 0 Å². The monoisotopic (exact) mass is 283 g/mol. The average Bonchev–Trinajstić information content (AvgIpc) is 2.49. The van der Waals surface area contributed by atoms with E-state index in [1.807, 2.05) is 37.3 Å². The normalized spacial score (nSPS) is 11.2. The first-order chi connectivity index (χ1) is 10.2. The van der Waals surface area contributed by atoms with Crippen LogP contribution in [0.2, 0.25) is 0 Å². The Morgan fingerprint density at radius 3 is 2.38 bits per heavy atom. The summed E-state index contributed by atoms with van der Waals surface area (Å²) in [5, 5.41) is 9.22. The molecule has 0 amide bonds. The van der Waals surface area contributed by atoms with Gasteiger partial charge in [-0.2, -0.15) is 0 Å². The maximum atomic E-state index is 12.0. The lowest BCUT2D eigenvalue weighted by atomic mass is 10.2. The summed E-state index contributed by atoms with van der Waals surface area (Å²) in [4.78, 5) is 16.4. The number of rotatable bonds is 4. The topological polar surface area (TPSA) is 58.9 Å². The fourth-order valence-corrected chi connectivity index (χ4v) is 1.75. The molecule has 0 saturated carbocycles. The standard InChI is InChI=1S/C17H17NO3/c1-2-6-16(18-14-7-4-3-5-8-14)21-17(20)13-9-11-15(19)12-10-13/h3-5,7-12,19H,2,6H2,1H3. The zero-order valence-electron chi connectivity index (χ0n) is 11.8. The predicted molar refractivity (Wildman–Crippen MR) is 82.0 cm³/mol. The lowest BCUT2D eigenvalue weighted by Crippen LogP contribution is -2.12. The van der Waals surface area contributed by atoms with Gasteiger partial charge in [-0.25, -0.2) is 9.79 Å². The Bertz CT molecular complexity index is 618. The van der Waals surface area contributed by atoms with Gasteiger partial charge in [0, 0.05) is 6.42 Å². The van der Waals surface area contributed by atoms with Gasteiger partial charge >= 0.3 is 5.97 Å². The summed E-state index contributed by atoms with van der Waals surface area (Å²) < 4.78 is 5.35. The second-order valence-electron chi connectivity index (χ2n) is 4.53. The van der Waals surface area contributed by atoms with Crippen molar-refractivity contribution in [2.75, 3.05) is 0 Å². The highest BCUT2D eigenvalue weighted by atomic mass is 16.5. The Morgan fingerprint density at radius 2 is 1.76 bits per heavy atom. The number of esters is 1. The molecule has 4 heteroatoms. The minimum atomic E-state index is -0.474. The van der Waals surface area contributed by atoms with E-state index in [-0.39, 0.29) is 5.75 Å². The zero-order valence-corrected chi connectivity index (χ0v) is 11.8. The van der Waals surface area contributed by atoms with Crippen LogP contribution in [0.3, 0.4) is 0 Å². The Balaban J connectivity index is 2.14. The largest absolute Gasteiger partial charge is 0.508 e. The molecule has 2 rings (SSSR count). The first-order valence-corrected chi connectivity index (χ1v) is 6.83. The molecule has 1 N–H and O–H groups in total. The van der Waals surface area contributed by atoms with E-state index in [0.29, 0.717) is 17.9 Å². The van der Waals surface area contributed by atoms with Crippen molar-refractivity contribution >= 4 is 17.6 Å². The van der Waals surface area contributed by atoms with Crippen LogP contribution in [0, 0.1) is 0 Å². The van der Waals surface area contributed by atoms with E-state index in [1.54, 1.807) is 0 Å². The SMILES string of the molecule is CCCC(=Nc1ccccc1)OC(=O)c1ccc(O)cc1. The van der Waals surface area contributed by atoms with Gasteiger partial charge in [-0.15, -0.1) is 0 Å². The van der Waals surface area contributed by atoms with Crippen molar-refractivity contribution in [3.63, 3.8) is 0 Å². The molecule has 0 aromatic heterocycles. The van der Waals surface area contributed by atoms with Crippen LogP contribution in [0.25, 0.3) is 0 Å². The summed E-state index contributed by atoms with van der Waals surface area (Å²) in [5.41, 5.74) is 1.13. The van der Waals surface area contributed by atoms with E-state index >= 15 is 0 Å². The van der Waals surface area contributed by atoms with Crippen molar-refractivity contribution < 1.29 is 14.6 Å². The van der Waals surface area contributed by atoms with Crippen molar-refractivity contribution in [3.8, 4) is 5.75 Å². The molecule has 0 aliphatic heterocycles. The van der Waals surface area contributed by atoms with E-state index in [2.05, 4.69) is 4.99 Å². The molecule has 0 bridgehead atoms. The maximum absolute atomic E-state index is 12.0. The highest BCUT2D eigenvalue weighted by molar-refractivity contribution is 5.99. The van der Waals surface area contributed by atoms with Crippen molar-refractivity contribution in [1.82, 2.24) is 0 Å². The molecule has 0 spiro atoms. The molecule has 0 atom stereocenters. The molecule has 2 aromatic carbocycles. The molecule has 0 unspecified atom stereocenters. The molecule has 21 heavy (non-hydrogen) atoms. The molecule has 0 radical (unpaired) electrons. The first-order valence-electron chi connectivity index (χ1n) is 6.83. The third-order valence-electron chi connectivity index (χ3n) is 2.79. The fraction of sp³-hybridized carbons (Fsp3) is 0.176. The smallest absolute Gasteiger partial charge is 0.344 e. The average molecular weight is 283 g/mol. The Labute approximate surface area is 123 Å². The number of carbonyl (C=O) groups is 1. The summed E-state index contributed by atoms with van der Waals surface area (Å²) in [6.45, 7) is 1.99. The lowest BCUT2D eigenvalue weighted by molar-refractivity contribution is 0.0712. The molecular formula is C17H17NO3. The van der Waals surface area contributed by atoms with E-state index in [9.17, 15) is 9.90 Å². The second kappa shape index (κ2) is 7.24. The van der Waals surface area contributed by atoms with Gasteiger partial charge < -0.3 is 9.84 Å². The minimum absolute atomic E-state index is 0.110. The Morgan fingerprint density at radius 1 is 1.10 bits per heavy atom. The first kappa shape index (κ1) is 14.8. The van der Waals surface area contributed by atoms with Gasteiger partial charge in [0.05, 0.1) is 11.3 Å². The van der Waals surface area contributed by atoms with Gasteiger partial charge in [-0.05, 0) is 42.8 Å². The van der Waals surface area contributed by atoms with Crippen molar-refractivity contribution in [3.05, 3.63) is 60.2 Å². The number of aliphatic imine (C=N–C) groups is 1. The number of phenolic OH excluding ortho intramolecular Hbond substituents is 1. The Kier molecular flexibility index (Phi) is 5.10. The fourth-order valence-electron chi connectivity index (χ4n) is 1.75. The maximum Gasteiger partial charge on any atom is 0.344 e. The summed E-state index contributed by atoms with van der Waals surface area (Å²) in [7, 11) is 0. The summed E-state index contributed by atoms with van der Waals surface area (Å²) in [6, 6.07) is 15.3. The number of hydrogen-bond acceptors (Lipinski definition) is 4. The molecule has 0 saturated heterocycles. The number of carbonyl (C=O) groups excluding carboxylic acids is 1. The zero-order chi connectivity index (χ0) is 15.1. The van der Waals surface area contributed by atoms with Crippen LogP contribution in [-0.2, 0) is 4.74 Å². The molecule has 0 heterocycles. The highest BCUT2D eigenvalue weighted by Crippen LogP contribution is 2.15. The molecule has 0 fully saturated rings. The third kappa shape index (κ3) is 4.45. The molecule has 0 aliphatic carbocycles. The van der Waals surface area contributed by atoms with E-state index in [1.165, 1.54) is 24.3 Å². The Hall–Kier alpha value is -2.62. The second-order valence-corrected chi connectivity index (χ2v) is 4.53. The van der Waals surface area contributed by atoms with Crippen molar-refractivity contribution in [2.24, 2.45) is 4.99 Å². The van der Waals surface area contributed by atoms with E-state index in [0.717, 1.165) is 12.1 Å². The quantitative estimate of drug-likeness (QED) is 0.522. The van der Waals surface area contributed by atoms with Crippen LogP contribution in [0.4, 0.5) is 5.69 Å². The van der Waals surface area contributed by atoms with Crippen molar-refractivity contribution in [2.45, 2.75) is 19.8 Å². The molecule has 0 aliphatic rings. The number of benzene rings is 2. The third-order valence-corrected chi connectivity index (χ3v) is 2.79. The van der Waals surface area contributed by atoms with Crippen LogP contribution in [0.1, 0.15) is 30.1 Å². The predicted octanol–water partition coefficient (Wildman–Crippen LogP) is 4.08. The number of phenols is 1. The number of nitrogens with zero attached hydrogens (tertiary/aromatic N) is 1. The molecular weight excluding hydrogens is 266 g/mol. The summed E-state index contributed by atoms with van der Waals surface area (Å²) in [6.07, 6.45) is 1.41. The molecule has 2 aromatic rings. The number of aromatic hydroxyl groups is 1. The van der Waals surface area contributed by atoms with Crippen LogP contribution in [0.15, 0.2) is 59.6 Å². The van der Waals surface area contributed by atoms with Crippen LogP contribution < -0.4 is 0 Å². The van der Waals surface area contributed by atoms with Gasteiger partial charge in [-0.3, -0.25) is 0 Å². The molecule has 108 valence electrons. The van der Waals surface area contributed by atoms with Gasteiger partial charge in [0.1, 0.15) is 5.75 Å².